The number of ether oxygens (including phenoxy) is 1. The van der Waals surface area contributed by atoms with Gasteiger partial charge in [-0.3, -0.25) is 9.59 Å². The molecule has 0 atom stereocenters. The summed E-state index contributed by atoms with van der Waals surface area (Å²) in [6.07, 6.45) is 0. The normalized spacial score (nSPS) is 10.3. The minimum absolute atomic E-state index is 0.0434. The second-order valence-electron chi connectivity index (χ2n) is 6.54. The molecule has 0 radical (unpaired) electrons. The number of thioether (sulfide) groups is 1. The Labute approximate surface area is 174 Å². The van der Waals surface area contributed by atoms with Crippen molar-refractivity contribution in [1.82, 2.24) is 4.90 Å². The topological polar surface area (TPSA) is 58.6 Å². The molecule has 1 N–H and O–H groups in total. The number of hydrogen-bond donors (Lipinski definition) is 1. The molecule has 0 aliphatic heterocycles. The van der Waals surface area contributed by atoms with Gasteiger partial charge in [0.15, 0.2) is 0 Å². The van der Waals surface area contributed by atoms with Gasteiger partial charge in [0, 0.05) is 30.2 Å². The molecule has 0 saturated carbocycles. The summed E-state index contributed by atoms with van der Waals surface area (Å²) in [5, 5.41) is 2.82. The van der Waals surface area contributed by atoms with E-state index in [1.807, 2.05) is 54.6 Å². The van der Waals surface area contributed by atoms with E-state index in [-0.39, 0.29) is 11.1 Å². The summed E-state index contributed by atoms with van der Waals surface area (Å²) in [7, 11) is 3.42. The van der Waals surface area contributed by atoms with E-state index >= 15 is 0 Å². The van der Waals surface area contributed by atoms with Gasteiger partial charge >= 0.3 is 0 Å². The highest BCUT2D eigenvalue weighted by Gasteiger charge is 2.09. The fourth-order valence-corrected chi connectivity index (χ4v) is 3.09. The fraction of sp³-hybridized carbons (Fsp3) is 0.130. The van der Waals surface area contributed by atoms with Crippen LogP contribution < -0.4 is 10.1 Å². The van der Waals surface area contributed by atoms with Crippen molar-refractivity contribution in [2.75, 3.05) is 19.4 Å². The zero-order valence-electron chi connectivity index (χ0n) is 16.3. The first-order valence-electron chi connectivity index (χ1n) is 9.08. The number of carbonyl (C=O) groups is 2. The van der Waals surface area contributed by atoms with E-state index in [9.17, 15) is 9.59 Å². The summed E-state index contributed by atoms with van der Waals surface area (Å²) in [5.41, 5.74) is 2.22. The van der Waals surface area contributed by atoms with E-state index in [0.29, 0.717) is 17.9 Å². The standard InChI is InChI=1S/C23H22N2O3S/c1-25(2)23(27)29-21-14-12-19(13-15-21)24-22(26)18-10-8-17(9-11-18)16-28-20-6-4-3-5-7-20/h3-15H,16H2,1-2H3,(H,24,26). The smallest absolute Gasteiger partial charge is 0.285 e. The van der Waals surface area contributed by atoms with E-state index in [1.54, 1.807) is 38.4 Å². The van der Waals surface area contributed by atoms with E-state index < -0.39 is 0 Å². The van der Waals surface area contributed by atoms with Crippen LogP contribution in [0.1, 0.15) is 15.9 Å². The number of amides is 2. The van der Waals surface area contributed by atoms with Crippen LogP contribution in [0.25, 0.3) is 0 Å². The summed E-state index contributed by atoms with van der Waals surface area (Å²) in [6, 6.07) is 24.1. The molecule has 2 amide bonds. The second kappa shape index (κ2) is 9.80. The maximum absolute atomic E-state index is 12.4. The molecule has 0 bridgehead atoms. The quantitative estimate of drug-likeness (QED) is 0.565. The van der Waals surface area contributed by atoms with Crippen molar-refractivity contribution in [3.63, 3.8) is 0 Å². The van der Waals surface area contributed by atoms with Gasteiger partial charge in [0.1, 0.15) is 12.4 Å². The van der Waals surface area contributed by atoms with Gasteiger partial charge in [-0.15, -0.1) is 0 Å². The fourth-order valence-electron chi connectivity index (χ4n) is 2.44. The first kappa shape index (κ1) is 20.5. The maximum Gasteiger partial charge on any atom is 0.285 e. The third-order valence-electron chi connectivity index (χ3n) is 4.05. The molecule has 0 aromatic heterocycles. The molecule has 5 nitrogen and oxygen atoms in total. The highest BCUT2D eigenvalue weighted by atomic mass is 32.2. The van der Waals surface area contributed by atoms with Crippen LogP contribution in [0.5, 0.6) is 5.75 Å². The Morgan fingerprint density at radius 1 is 0.897 bits per heavy atom. The number of anilines is 1. The van der Waals surface area contributed by atoms with E-state index in [0.717, 1.165) is 28.0 Å². The predicted octanol–water partition coefficient (Wildman–Crippen LogP) is 5.29. The first-order valence-corrected chi connectivity index (χ1v) is 9.90. The van der Waals surface area contributed by atoms with Crippen molar-refractivity contribution < 1.29 is 14.3 Å². The lowest BCUT2D eigenvalue weighted by atomic mass is 10.1. The summed E-state index contributed by atoms with van der Waals surface area (Å²) in [6.45, 7) is 0.441. The molecule has 0 heterocycles. The average molecular weight is 407 g/mol. The number of carbonyl (C=O) groups excluding carboxylic acids is 2. The van der Waals surface area contributed by atoms with Crippen molar-refractivity contribution in [3.8, 4) is 5.75 Å². The van der Waals surface area contributed by atoms with E-state index in [4.69, 9.17) is 4.74 Å². The van der Waals surface area contributed by atoms with Crippen molar-refractivity contribution in [3.05, 3.63) is 90.0 Å². The molecule has 0 fully saturated rings. The lowest BCUT2D eigenvalue weighted by molar-refractivity contribution is 0.102. The van der Waals surface area contributed by atoms with Crippen LogP contribution in [-0.4, -0.2) is 30.1 Å². The number of nitrogens with zero attached hydrogens (tertiary/aromatic N) is 1. The molecule has 148 valence electrons. The highest BCUT2D eigenvalue weighted by Crippen LogP contribution is 2.22. The molecule has 0 unspecified atom stereocenters. The van der Waals surface area contributed by atoms with E-state index in [1.165, 1.54) is 4.90 Å². The minimum atomic E-state index is -0.190. The molecule has 0 aliphatic carbocycles. The number of benzene rings is 3. The van der Waals surface area contributed by atoms with E-state index in [2.05, 4.69) is 5.32 Å². The number of para-hydroxylation sites is 1. The molecule has 3 rings (SSSR count). The first-order chi connectivity index (χ1) is 14.0. The van der Waals surface area contributed by atoms with Crippen LogP contribution in [0.2, 0.25) is 0 Å². The monoisotopic (exact) mass is 406 g/mol. The highest BCUT2D eigenvalue weighted by molar-refractivity contribution is 8.13. The van der Waals surface area contributed by atoms with Crippen LogP contribution in [0.4, 0.5) is 10.5 Å². The second-order valence-corrected chi connectivity index (χ2v) is 7.56. The SMILES string of the molecule is CN(C)C(=O)Sc1ccc(NC(=O)c2ccc(COc3ccccc3)cc2)cc1. The summed E-state index contributed by atoms with van der Waals surface area (Å²) in [4.78, 5) is 26.5. The number of rotatable bonds is 6. The third-order valence-corrected chi connectivity index (χ3v) is 5.09. The summed E-state index contributed by atoms with van der Waals surface area (Å²) >= 11 is 1.14. The minimum Gasteiger partial charge on any atom is -0.489 e. The van der Waals surface area contributed by atoms with Crippen LogP contribution in [-0.2, 0) is 6.61 Å². The van der Waals surface area contributed by atoms with Gasteiger partial charge in [-0.2, -0.15) is 0 Å². The Balaban J connectivity index is 1.54. The van der Waals surface area contributed by atoms with Crippen LogP contribution in [0.15, 0.2) is 83.8 Å². The molecule has 6 heteroatoms. The third kappa shape index (κ3) is 6.12. The zero-order valence-corrected chi connectivity index (χ0v) is 17.1. The molecular formula is C23H22N2O3S. The number of nitrogens with one attached hydrogen (secondary N) is 1. The molecule has 0 saturated heterocycles. The summed E-state index contributed by atoms with van der Waals surface area (Å²) in [5.74, 6) is 0.619. The molecule has 0 aliphatic rings. The van der Waals surface area contributed by atoms with Gasteiger partial charge in [-0.25, -0.2) is 0 Å². The number of hydrogen-bond acceptors (Lipinski definition) is 4. The molecule has 3 aromatic carbocycles. The van der Waals surface area contributed by atoms with Gasteiger partial charge in [-0.05, 0) is 65.9 Å². The van der Waals surface area contributed by atoms with Crippen molar-refractivity contribution in [2.24, 2.45) is 0 Å². The molecule has 29 heavy (non-hydrogen) atoms. The Kier molecular flexibility index (Phi) is 6.92. The van der Waals surface area contributed by atoms with Gasteiger partial charge < -0.3 is 15.0 Å². The zero-order chi connectivity index (χ0) is 20.6. The Hall–Kier alpha value is -3.25. The molecule has 3 aromatic rings. The lowest BCUT2D eigenvalue weighted by Crippen LogP contribution is -2.16. The van der Waals surface area contributed by atoms with Gasteiger partial charge in [0.25, 0.3) is 11.1 Å². The van der Waals surface area contributed by atoms with Gasteiger partial charge in [-0.1, -0.05) is 30.3 Å². The predicted molar refractivity (Wildman–Crippen MR) is 117 cm³/mol. The van der Waals surface area contributed by atoms with Crippen molar-refractivity contribution in [2.45, 2.75) is 11.5 Å². The lowest BCUT2D eigenvalue weighted by Gasteiger charge is -2.10. The maximum atomic E-state index is 12.4. The van der Waals surface area contributed by atoms with Crippen molar-refractivity contribution >= 4 is 28.6 Å². The Morgan fingerprint density at radius 3 is 2.17 bits per heavy atom. The largest absolute Gasteiger partial charge is 0.489 e. The van der Waals surface area contributed by atoms with Crippen molar-refractivity contribution in [1.29, 1.82) is 0 Å². The molecular weight excluding hydrogens is 384 g/mol. The Bertz CT molecular complexity index is 956. The summed E-state index contributed by atoms with van der Waals surface area (Å²) < 4.78 is 5.71. The van der Waals surface area contributed by atoms with Crippen LogP contribution in [0, 0.1) is 0 Å². The Morgan fingerprint density at radius 2 is 1.55 bits per heavy atom. The average Bonchev–Trinajstić information content (AvgIpc) is 2.74. The molecule has 0 spiro atoms. The van der Waals surface area contributed by atoms with Crippen LogP contribution in [0.3, 0.4) is 0 Å². The van der Waals surface area contributed by atoms with Crippen LogP contribution >= 0.6 is 11.8 Å². The van der Waals surface area contributed by atoms with Gasteiger partial charge in [0.05, 0.1) is 0 Å². The van der Waals surface area contributed by atoms with Gasteiger partial charge in [0.2, 0.25) is 0 Å².